The first kappa shape index (κ1) is 25.0. The Balaban J connectivity index is 0.00000132. The van der Waals surface area contributed by atoms with Gasteiger partial charge >= 0.3 is 0 Å². The number of halogens is 2. The Bertz CT molecular complexity index is 1140. The summed E-state index contributed by atoms with van der Waals surface area (Å²) in [5, 5.41) is 0. The largest absolute Gasteiger partial charge is 0.0655 e. The summed E-state index contributed by atoms with van der Waals surface area (Å²) in [5.74, 6) is 0.542. The molecular weight excluding hydrogens is 602 g/mol. The molecule has 0 saturated carbocycles. The van der Waals surface area contributed by atoms with Crippen molar-refractivity contribution in [2.45, 2.75) is 88.0 Å². The van der Waals surface area contributed by atoms with Gasteiger partial charge in [-0.15, -0.1) is 0 Å². The van der Waals surface area contributed by atoms with Gasteiger partial charge in [0.25, 0.3) is 0 Å². The Labute approximate surface area is 213 Å². The van der Waals surface area contributed by atoms with E-state index in [0.29, 0.717) is 5.92 Å². The molecule has 0 bridgehead atoms. The molecule has 2 heteroatoms. The van der Waals surface area contributed by atoms with Crippen LogP contribution in [-0.4, -0.2) is 0 Å². The van der Waals surface area contributed by atoms with Gasteiger partial charge in [0.2, 0.25) is 0 Å². The highest BCUT2D eigenvalue weighted by atomic mass is 128. The Kier molecular flexibility index (Phi) is 7.52. The lowest BCUT2D eigenvalue weighted by Crippen LogP contribution is -2.09. The van der Waals surface area contributed by atoms with Crippen LogP contribution in [0.1, 0.15) is 100 Å². The van der Waals surface area contributed by atoms with Gasteiger partial charge in [0.1, 0.15) is 0 Å². The molecule has 2 aliphatic rings. The number of allylic oxidation sites excluding steroid dienone is 3. The Morgan fingerprint density at radius 3 is 1.90 bits per heavy atom. The van der Waals surface area contributed by atoms with E-state index in [1.165, 1.54) is 50.1 Å². The quantitative estimate of drug-likeness (QED) is 0.288. The normalized spacial score (nSPS) is 16.8. The minimum absolute atomic E-state index is 0.542. The SMILES string of the molecule is CC1=Cc2c(Cc3c(C)c(C)c(C)c4c3CC(C)=C4C)c(C)c(C)c(C)c2C1C.II. The lowest BCUT2D eigenvalue weighted by molar-refractivity contribution is 0.898. The van der Waals surface area contributed by atoms with E-state index in [-0.39, 0.29) is 0 Å². The molecule has 31 heavy (non-hydrogen) atoms. The van der Waals surface area contributed by atoms with Crippen molar-refractivity contribution < 1.29 is 0 Å². The number of rotatable bonds is 2. The Morgan fingerprint density at radius 1 is 0.742 bits per heavy atom. The molecule has 0 amide bonds. The second-order valence-corrected chi connectivity index (χ2v) is 9.76. The van der Waals surface area contributed by atoms with Crippen molar-refractivity contribution in [1.82, 2.24) is 0 Å². The van der Waals surface area contributed by atoms with E-state index in [1.54, 1.807) is 33.4 Å². The third-order valence-corrected chi connectivity index (χ3v) is 8.51. The second-order valence-electron chi connectivity index (χ2n) is 9.76. The van der Waals surface area contributed by atoms with E-state index in [4.69, 9.17) is 0 Å². The molecule has 166 valence electrons. The van der Waals surface area contributed by atoms with Crippen LogP contribution in [0.2, 0.25) is 0 Å². The summed E-state index contributed by atoms with van der Waals surface area (Å²) < 4.78 is 0. The third kappa shape index (κ3) is 3.88. The van der Waals surface area contributed by atoms with Crippen LogP contribution in [0.5, 0.6) is 0 Å². The summed E-state index contributed by atoms with van der Waals surface area (Å²) in [6.07, 6.45) is 4.65. The maximum absolute atomic E-state index is 2.47. The molecule has 0 aromatic heterocycles. The molecule has 0 N–H and O–H groups in total. The number of hydrogen-bond acceptors (Lipinski definition) is 0. The van der Waals surface area contributed by atoms with Gasteiger partial charge in [-0.2, -0.15) is 0 Å². The van der Waals surface area contributed by atoms with Gasteiger partial charge in [-0.3, -0.25) is 0 Å². The molecular formula is C29H36I2. The maximum Gasteiger partial charge on any atom is 0.00291 e. The van der Waals surface area contributed by atoms with Crippen molar-refractivity contribution in [2.75, 3.05) is 0 Å². The first-order valence-corrected chi connectivity index (χ1v) is 17.6. The van der Waals surface area contributed by atoms with E-state index >= 15 is 0 Å². The van der Waals surface area contributed by atoms with Gasteiger partial charge in [0.15, 0.2) is 0 Å². The van der Waals surface area contributed by atoms with E-state index in [1.807, 2.05) is 0 Å². The van der Waals surface area contributed by atoms with Crippen LogP contribution in [0.4, 0.5) is 0 Å². The summed E-state index contributed by atoms with van der Waals surface area (Å²) in [4.78, 5) is 0. The monoisotopic (exact) mass is 638 g/mol. The third-order valence-electron chi connectivity index (χ3n) is 8.51. The van der Waals surface area contributed by atoms with Gasteiger partial charge in [0, 0.05) is 43.1 Å². The van der Waals surface area contributed by atoms with E-state index in [9.17, 15) is 0 Å². The summed E-state index contributed by atoms with van der Waals surface area (Å²) >= 11 is 4.24. The molecule has 1 atom stereocenters. The Morgan fingerprint density at radius 2 is 1.29 bits per heavy atom. The predicted molar refractivity (Wildman–Crippen MR) is 156 cm³/mol. The van der Waals surface area contributed by atoms with Crippen molar-refractivity contribution >= 4 is 48.9 Å². The highest BCUT2D eigenvalue weighted by Gasteiger charge is 2.29. The average molecular weight is 638 g/mol. The lowest BCUT2D eigenvalue weighted by atomic mass is 9.80. The summed E-state index contributed by atoms with van der Waals surface area (Å²) in [5.41, 5.74) is 22.9. The van der Waals surface area contributed by atoms with E-state index in [0.717, 1.165) is 12.8 Å². The molecule has 2 aromatic carbocycles. The summed E-state index contributed by atoms with van der Waals surface area (Å²) in [7, 11) is 0. The topological polar surface area (TPSA) is 0 Å². The molecule has 0 saturated heterocycles. The molecule has 0 radical (unpaired) electrons. The summed E-state index contributed by atoms with van der Waals surface area (Å²) in [6.45, 7) is 23.3. The van der Waals surface area contributed by atoms with Gasteiger partial charge in [-0.25, -0.2) is 0 Å². The van der Waals surface area contributed by atoms with Crippen LogP contribution in [0, 0.1) is 41.5 Å². The van der Waals surface area contributed by atoms with Crippen LogP contribution in [0.15, 0.2) is 11.1 Å². The zero-order valence-electron chi connectivity index (χ0n) is 20.8. The number of benzene rings is 2. The van der Waals surface area contributed by atoms with Gasteiger partial charge in [-0.1, -0.05) is 24.1 Å². The fraction of sp³-hybridized carbons (Fsp3) is 0.448. The van der Waals surface area contributed by atoms with Crippen molar-refractivity contribution in [1.29, 1.82) is 0 Å². The van der Waals surface area contributed by atoms with Crippen molar-refractivity contribution in [3.63, 3.8) is 0 Å². The summed E-state index contributed by atoms with van der Waals surface area (Å²) in [6, 6.07) is 0. The lowest BCUT2D eigenvalue weighted by Gasteiger charge is -2.24. The zero-order valence-corrected chi connectivity index (χ0v) is 25.1. The Hall–Kier alpha value is -0.620. The van der Waals surface area contributed by atoms with Gasteiger partial charge < -0.3 is 0 Å². The number of hydrogen-bond donors (Lipinski definition) is 0. The fourth-order valence-corrected chi connectivity index (χ4v) is 5.84. The van der Waals surface area contributed by atoms with Crippen LogP contribution < -0.4 is 0 Å². The van der Waals surface area contributed by atoms with Crippen LogP contribution in [0.25, 0.3) is 11.6 Å². The molecule has 2 aliphatic carbocycles. The van der Waals surface area contributed by atoms with Crippen LogP contribution >= 0.6 is 37.2 Å². The van der Waals surface area contributed by atoms with Crippen LogP contribution in [0.3, 0.4) is 0 Å². The smallest absolute Gasteiger partial charge is 0.00291 e. The highest BCUT2D eigenvalue weighted by Crippen LogP contribution is 2.45. The standard InChI is InChI=1S/C29H36.I2/c1-14-11-26-24(20(7)18(5)22(9)28(26)16(14)3)13-25-21(8)19(6)23(10)29-17(4)15(2)12-27(25)29;1-2/h11,16H,12-13H2,1-10H3;. The molecule has 2 aromatic rings. The van der Waals surface area contributed by atoms with Gasteiger partial charge in [-0.05, 0) is 147 Å². The fourth-order valence-electron chi connectivity index (χ4n) is 5.84. The molecule has 0 heterocycles. The van der Waals surface area contributed by atoms with Crippen molar-refractivity contribution in [3.05, 3.63) is 77.9 Å². The number of fused-ring (bicyclic) bond motifs is 2. The second kappa shape index (κ2) is 9.32. The molecule has 4 rings (SSSR count). The van der Waals surface area contributed by atoms with E-state index in [2.05, 4.69) is 113 Å². The van der Waals surface area contributed by atoms with Crippen molar-refractivity contribution in [3.8, 4) is 0 Å². The maximum atomic E-state index is 2.47. The predicted octanol–water partition coefficient (Wildman–Crippen LogP) is 9.77. The van der Waals surface area contributed by atoms with Gasteiger partial charge in [0.05, 0.1) is 0 Å². The zero-order chi connectivity index (χ0) is 23.4. The van der Waals surface area contributed by atoms with Crippen LogP contribution in [-0.2, 0) is 12.8 Å². The first-order chi connectivity index (χ1) is 14.6. The molecule has 0 aliphatic heterocycles. The highest BCUT2D eigenvalue weighted by molar-refractivity contribution is 15.0. The minimum Gasteiger partial charge on any atom is -0.0655 e. The minimum atomic E-state index is 0.542. The first-order valence-electron chi connectivity index (χ1n) is 11.3. The molecule has 1 unspecified atom stereocenters. The van der Waals surface area contributed by atoms with Crippen molar-refractivity contribution in [2.24, 2.45) is 0 Å². The van der Waals surface area contributed by atoms with E-state index < -0.39 is 0 Å². The molecule has 0 spiro atoms. The molecule has 0 nitrogen and oxygen atoms in total. The molecule has 0 fully saturated rings. The average Bonchev–Trinajstić information content (AvgIpc) is 3.21.